The fourth-order valence-electron chi connectivity index (χ4n) is 4.48. The number of ether oxygens (including phenoxy) is 1. The number of hydrogen-bond acceptors (Lipinski definition) is 3. The van der Waals surface area contributed by atoms with Crippen molar-refractivity contribution in [1.82, 2.24) is 9.80 Å². The van der Waals surface area contributed by atoms with E-state index in [9.17, 15) is 4.79 Å². The van der Waals surface area contributed by atoms with E-state index in [1.165, 1.54) is 5.56 Å². The Morgan fingerprint density at radius 3 is 2.56 bits per heavy atom. The van der Waals surface area contributed by atoms with Crippen molar-refractivity contribution >= 4 is 34.6 Å². The van der Waals surface area contributed by atoms with E-state index in [0.717, 1.165) is 21.9 Å². The van der Waals surface area contributed by atoms with Crippen LogP contribution < -0.4 is 0 Å². The molecule has 0 saturated carbocycles. The average molecular weight is 453 g/mol. The zero-order chi connectivity index (χ0) is 23.5. The van der Waals surface area contributed by atoms with Crippen molar-refractivity contribution in [3.63, 3.8) is 0 Å². The number of nitrogens with one attached hydrogen (secondary N) is 1. The summed E-state index contributed by atoms with van der Waals surface area (Å²) in [6.45, 7) is 5.03. The number of guanidine groups is 1. The van der Waals surface area contributed by atoms with Gasteiger partial charge < -0.3 is 9.64 Å². The molecule has 1 N–H and O–H groups in total. The Kier molecular flexibility index (Phi) is 6.23. The maximum atomic E-state index is 13.6. The molecule has 3 aromatic carbocycles. The lowest BCUT2D eigenvalue weighted by molar-refractivity contribution is 0.0672. The number of aliphatic imine (C=N–C) groups is 1. The molecule has 0 aliphatic carbocycles. The Labute approximate surface area is 199 Å². The minimum absolute atomic E-state index is 0.0908. The number of benzene rings is 3. The second-order valence-electron chi connectivity index (χ2n) is 8.71. The molecule has 0 atom stereocenters. The fraction of sp³-hybridized carbons (Fsp3) is 0.250. The Morgan fingerprint density at radius 1 is 0.971 bits per heavy atom. The molecule has 6 nitrogen and oxygen atoms in total. The molecular formula is C28H28N4O2. The molecule has 0 spiro atoms. The molecule has 34 heavy (non-hydrogen) atoms. The zero-order valence-electron chi connectivity index (χ0n) is 19.3. The normalized spacial score (nSPS) is 18.7. The van der Waals surface area contributed by atoms with Gasteiger partial charge in [-0.05, 0) is 53.5 Å². The molecule has 172 valence electrons. The molecule has 0 aromatic heterocycles. The maximum absolute atomic E-state index is 13.6. The van der Waals surface area contributed by atoms with Crippen LogP contribution in [-0.4, -0.2) is 60.4 Å². The van der Waals surface area contributed by atoms with Crippen molar-refractivity contribution in [2.45, 2.75) is 13.3 Å². The molecule has 6 heteroatoms. The quantitative estimate of drug-likeness (QED) is 0.451. The summed E-state index contributed by atoms with van der Waals surface area (Å²) in [5.74, 6) is 0.648. The minimum Gasteiger partial charge on any atom is -0.378 e. The molecule has 2 aliphatic rings. The van der Waals surface area contributed by atoms with Crippen molar-refractivity contribution < 1.29 is 9.53 Å². The van der Waals surface area contributed by atoms with E-state index < -0.39 is 0 Å². The van der Waals surface area contributed by atoms with Crippen LogP contribution in [0.5, 0.6) is 0 Å². The summed E-state index contributed by atoms with van der Waals surface area (Å²) < 4.78 is 5.42. The monoisotopic (exact) mass is 452 g/mol. The molecular weight excluding hydrogens is 424 g/mol. The van der Waals surface area contributed by atoms with Crippen LogP contribution in [0, 0.1) is 12.3 Å². The van der Waals surface area contributed by atoms with E-state index in [1.54, 1.807) is 4.90 Å². The van der Waals surface area contributed by atoms with Crippen molar-refractivity contribution in [1.29, 1.82) is 5.41 Å². The first-order valence-electron chi connectivity index (χ1n) is 11.7. The predicted molar refractivity (Wildman–Crippen MR) is 136 cm³/mol. The minimum atomic E-state index is -0.0908. The molecule has 1 amide bonds. The number of fused-ring (bicyclic) bond motifs is 1. The van der Waals surface area contributed by atoms with E-state index in [0.29, 0.717) is 50.7 Å². The summed E-state index contributed by atoms with van der Waals surface area (Å²) in [4.78, 5) is 21.9. The summed E-state index contributed by atoms with van der Waals surface area (Å²) in [5.41, 5.74) is 3.84. The first kappa shape index (κ1) is 22.0. The Balaban J connectivity index is 1.51. The molecule has 2 saturated heterocycles. The molecule has 0 bridgehead atoms. The highest BCUT2D eigenvalue weighted by molar-refractivity contribution is 6.18. The molecule has 2 heterocycles. The summed E-state index contributed by atoms with van der Waals surface area (Å²) in [7, 11) is 0. The summed E-state index contributed by atoms with van der Waals surface area (Å²) >= 11 is 0. The van der Waals surface area contributed by atoms with Gasteiger partial charge in [0.2, 0.25) is 5.96 Å². The highest BCUT2D eigenvalue weighted by Crippen LogP contribution is 2.26. The van der Waals surface area contributed by atoms with Gasteiger partial charge in [-0.25, -0.2) is 0 Å². The van der Waals surface area contributed by atoms with Crippen LogP contribution in [0.25, 0.3) is 16.8 Å². The van der Waals surface area contributed by atoms with Crippen LogP contribution in [0.15, 0.2) is 77.3 Å². The molecule has 2 aliphatic heterocycles. The van der Waals surface area contributed by atoms with Gasteiger partial charge in [0.05, 0.1) is 13.2 Å². The van der Waals surface area contributed by atoms with Crippen LogP contribution in [0.1, 0.15) is 27.9 Å². The summed E-state index contributed by atoms with van der Waals surface area (Å²) in [6, 6.07) is 22.1. The lowest BCUT2D eigenvalue weighted by Gasteiger charge is -2.27. The fourth-order valence-corrected chi connectivity index (χ4v) is 4.48. The Hall–Kier alpha value is -3.77. The third-order valence-corrected chi connectivity index (χ3v) is 6.29. The predicted octanol–water partition coefficient (Wildman–Crippen LogP) is 4.74. The van der Waals surface area contributed by atoms with Gasteiger partial charge in [-0.1, -0.05) is 60.2 Å². The van der Waals surface area contributed by atoms with Crippen molar-refractivity contribution in [2.75, 3.05) is 32.8 Å². The third-order valence-electron chi connectivity index (χ3n) is 6.29. The second kappa shape index (κ2) is 9.61. The average Bonchev–Trinajstić information content (AvgIpc) is 3.25. The van der Waals surface area contributed by atoms with Crippen LogP contribution in [-0.2, 0) is 4.74 Å². The highest BCUT2D eigenvalue weighted by atomic mass is 16.5. The van der Waals surface area contributed by atoms with Crippen molar-refractivity contribution in [3.05, 3.63) is 89.0 Å². The van der Waals surface area contributed by atoms with Gasteiger partial charge in [0.25, 0.3) is 5.91 Å². The van der Waals surface area contributed by atoms with E-state index in [2.05, 4.69) is 31.2 Å². The largest absolute Gasteiger partial charge is 0.378 e. The number of amidine groups is 1. The Morgan fingerprint density at radius 2 is 1.76 bits per heavy atom. The van der Waals surface area contributed by atoms with Gasteiger partial charge in [0.1, 0.15) is 5.84 Å². The van der Waals surface area contributed by atoms with Gasteiger partial charge in [-0.2, -0.15) is 4.99 Å². The molecule has 5 rings (SSSR count). The zero-order valence-corrected chi connectivity index (χ0v) is 19.3. The van der Waals surface area contributed by atoms with Gasteiger partial charge >= 0.3 is 0 Å². The number of hydrogen-bond donors (Lipinski definition) is 1. The number of nitrogens with zero attached hydrogens (tertiary/aromatic N) is 3. The second-order valence-corrected chi connectivity index (χ2v) is 8.71. The van der Waals surface area contributed by atoms with Crippen LogP contribution in [0.3, 0.4) is 0 Å². The number of amides is 1. The number of carbonyl (C=O) groups excluding carboxylic acids is 1. The topological polar surface area (TPSA) is 69.0 Å². The number of morpholine rings is 1. The van der Waals surface area contributed by atoms with Gasteiger partial charge in [0.15, 0.2) is 0 Å². The van der Waals surface area contributed by atoms with Crippen LogP contribution in [0.4, 0.5) is 0 Å². The maximum Gasteiger partial charge on any atom is 0.259 e. The smallest absolute Gasteiger partial charge is 0.259 e. The lowest BCUT2D eigenvalue weighted by atomic mass is 10.1. The van der Waals surface area contributed by atoms with E-state index in [-0.39, 0.29) is 11.9 Å². The third kappa shape index (κ3) is 4.63. The first-order valence-corrected chi connectivity index (χ1v) is 11.7. The highest BCUT2D eigenvalue weighted by Gasteiger charge is 2.31. The molecule has 2 fully saturated rings. The van der Waals surface area contributed by atoms with E-state index in [1.807, 2.05) is 53.4 Å². The lowest BCUT2D eigenvalue weighted by Crippen LogP contribution is -2.41. The van der Waals surface area contributed by atoms with E-state index >= 15 is 0 Å². The SMILES string of the molecule is Cc1cccc(C=C2CCN(C(=O)c3ccc4ccccc4c3)C2=NC(=N)N2CCOCC2)c1. The Bertz CT molecular complexity index is 1300. The molecule has 3 aromatic rings. The standard InChI is InChI=1S/C28H28N4O2/c1-20-5-4-6-21(17-20)18-24-11-12-32(26(24)30-28(29)31-13-15-34-16-14-31)27(33)25-10-9-22-7-2-3-8-23(22)19-25/h2-10,17-19,29H,11-16H2,1H3. The first-order chi connectivity index (χ1) is 16.6. The molecule has 0 unspecified atom stereocenters. The van der Waals surface area contributed by atoms with Crippen molar-refractivity contribution in [3.8, 4) is 0 Å². The summed E-state index contributed by atoms with van der Waals surface area (Å²) in [6.07, 6.45) is 2.79. The number of carbonyl (C=O) groups is 1. The van der Waals surface area contributed by atoms with Gasteiger partial charge in [-0.15, -0.1) is 0 Å². The molecule has 0 radical (unpaired) electrons. The number of rotatable bonds is 2. The van der Waals surface area contributed by atoms with Gasteiger partial charge in [-0.3, -0.25) is 15.1 Å². The number of aryl methyl sites for hydroxylation is 1. The number of likely N-dealkylation sites (tertiary alicyclic amines) is 1. The van der Waals surface area contributed by atoms with Gasteiger partial charge in [0, 0.05) is 25.2 Å². The summed E-state index contributed by atoms with van der Waals surface area (Å²) in [5, 5.41) is 10.7. The van der Waals surface area contributed by atoms with Crippen LogP contribution in [0.2, 0.25) is 0 Å². The van der Waals surface area contributed by atoms with Crippen LogP contribution >= 0.6 is 0 Å². The van der Waals surface area contributed by atoms with Crippen molar-refractivity contribution in [2.24, 2.45) is 4.99 Å². The van der Waals surface area contributed by atoms with E-state index in [4.69, 9.17) is 15.1 Å².